The molecule has 2 nitrogen and oxygen atoms in total. The van der Waals surface area contributed by atoms with Crippen LogP contribution < -0.4 is 0 Å². The van der Waals surface area contributed by atoms with Crippen molar-refractivity contribution in [3.63, 3.8) is 0 Å². The number of hydrogen-bond acceptors (Lipinski definition) is 1. The van der Waals surface area contributed by atoms with Crippen molar-refractivity contribution in [3.8, 4) is 0 Å². The average molecular weight is 234 g/mol. The predicted molar refractivity (Wildman–Crippen MR) is 66.3 cm³/mol. The standard InChI is InChI=1S/C12H24ClNO/c1-4-6-9-12(15)14(5-2)10-7-8-11(3)13/h11H,4-10H2,1-3H3. The highest BCUT2D eigenvalue weighted by atomic mass is 35.5. The Labute approximate surface area is 99.0 Å². The zero-order valence-electron chi connectivity index (χ0n) is 10.3. The SMILES string of the molecule is CCCCC(=O)N(CC)CCCC(C)Cl. The second-order valence-electron chi connectivity index (χ2n) is 4.00. The Morgan fingerprint density at radius 2 is 2.00 bits per heavy atom. The molecular formula is C12H24ClNO. The summed E-state index contributed by atoms with van der Waals surface area (Å²) in [4.78, 5) is 13.6. The van der Waals surface area contributed by atoms with Gasteiger partial charge >= 0.3 is 0 Å². The first-order valence-corrected chi connectivity index (χ1v) is 6.47. The van der Waals surface area contributed by atoms with Crippen LogP contribution >= 0.6 is 11.6 Å². The van der Waals surface area contributed by atoms with Crippen molar-refractivity contribution in [2.45, 2.75) is 58.3 Å². The van der Waals surface area contributed by atoms with Gasteiger partial charge in [-0.05, 0) is 33.1 Å². The Bertz CT molecular complexity index is 171. The molecule has 0 aliphatic carbocycles. The van der Waals surface area contributed by atoms with Gasteiger partial charge in [-0.25, -0.2) is 0 Å². The van der Waals surface area contributed by atoms with E-state index in [4.69, 9.17) is 11.6 Å². The largest absolute Gasteiger partial charge is 0.343 e. The van der Waals surface area contributed by atoms with E-state index in [2.05, 4.69) is 6.92 Å². The van der Waals surface area contributed by atoms with Gasteiger partial charge in [-0.1, -0.05) is 13.3 Å². The smallest absolute Gasteiger partial charge is 0.222 e. The van der Waals surface area contributed by atoms with Gasteiger partial charge in [0.2, 0.25) is 5.91 Å². The van der Waals surface area contributed by atoms with Gasteiger partial charge in [0.1, 0.15) is 0 Å². The number of amides is 1. The predicted octanol–water partition coefficient (Wildman–Crippen LogP) is 3.43. The molecule has 0 aromatic heterocycles. The molecular weight excluding hydrogens is 210 g/mol. The second-order valence-corrected chi connectivity index (χ2v) is 4.75. The minimum atomic E-state index is 0.217. The van der Waals surface area contributed by atoms with Crippen molar-refractivity contribution >= 4 is 17.5 Å². The van der Waals surface area contributed by atoms with Gasteiger partial charge in [-0.2, -0.15) is 0 Å². The van der Waals surface area contributed by atoms with Gasteiger partial charge < -0.3 is 4.90 Å². The molecule has 0 bridgehead atoms. The van der Waals surface area contributed by atoms with Gasteiger partial charge in [0, 0.05) is 24.9 Å². The molecule has 1 unspecified atom stereocenters. The first kappa shape index (κ1) is 14.8. The number of rotatable bonds is 8. The normalized spacial score (nSPS) is 12.5. The summed E-state index contributed by atoms with van der Waals surface area (Å²) in [6.07, 6.45) is 4.78. The molecule has 0 aliphatic heterocycles. The Morgan fingerprint density at radius 3 is 2.47 bits per heavy atom. The molecule has 0 aromatic rings. The minimum Gasteiger partial charge on any atom is -0.343 e. The summed E-state index contributed by atoms with van der Waals surface area (Å²) in [6, 6.07) is 0. The lowest BCUT2D eigenvalue weighted by molar-refractivity contribution is -0.131. The molecule has 3 heteroatoms. The number of carbonyl (C=O) groups is 1. The van der Waals surface area contributed by atoms with Crippen molar-refractivity contribution < 1.29 is 4.79 Å². The summed E-state index contributed by atoms with van der Waals surface area (Å²) in [5.74, 6) is 0.293. The molecule has 0 radical (unpaired) electrons. The molecule has 1 amide bonds. The Hall–Kier alpha value is -0.240. The molecule has 0 heterocycles. The first-order chi connectivity index (χ1) is 7.11. The summed E-state index contributed by atoms with van der Waals surface area (Å²) in [7, 11) is 0. The monoisotopic (exact) mass is 233 g/mol. The molecule has 0 fully saturated rings. The zero-order chi connectivity index (χ0) is 11.7. The van der Waals surface area contributed by atoms with Crippen LogP contribution in [0.25, 0.3) is 0 Å². The second kappa shape index (κ2) is 9.02. The van der Waals surface area contributed by atoms with Crippen LogP contribution in [-0.4, -0.2) is 29.3 Å². The molecule has 0 spiro atoms. The molecule has 0 N–H and O–H groups in total. The van der Waals surface area contributed by atoms with Crippen LogP contribution in [-0.2, 0) is 4.79 Å². The molecule has 0 aliphatic rings. The molecule has 0 saturated heterocycles. The topological polar surface area (TPSA) is 20.3 Å². The fourth-order valence-corrected chi connectivity index (χ4v) is 1.66. The highest BCUT2D eigenvalue weighted by Gasteiger charge is 2.10. The lowest BCUT2D eigenvalue weighted by atomic mass is 10.2. The number of unbranched alkanes of at least 4 members (excludes halogenated alkanes) is 1. The lowest BCUT2D eigenvalue weighted by Gasteiger charge is -2.21. The zero-order valence-corrected chi connectivity index (χ0v) is 11.0. The third kappa shape index (κ3) is 7.66. The van der Waals surface area contributed by atoms with Crippen LogP contribution in [0, 0.1) is 0 Å². The highest BCUT2D eigenvalue weighted by Crippen LogP contribution is 2.07. The van der Waals surface area contributed by atoms with Crippen LogP contribution in [0.3, 0.4) is 0 Å². The number of alkyl halides is 1. The van der Waals surface area contributed by atoms with E-state index >= 15 is 0 Å². The maximum Gasteiger partial charge on any atom is 0.222 e. The number of halogens is 1. The molecule has 0 saturated carbocycles. The van der Waals surface area contributed by atoms with E-state index in [1.165, 1.54) is 0 Å². The minimum absolute atomic E-state index is 0.217. The quantitative estimate of drug-likeness (QED) is 0.589. The Morgan fingerprint density at radius 1 is 1.33 bits per heavy atom. The van der Waals surface area contributed by atoms with Crippen molar-refractivity contribution in [2.75, 3.05) is 13.1 Å². The molecule has 90 valence electrons. The van der Waals surface area contributed by atoms with E-state index in [1.807, 2.05) is 18.7 Å². The third-order valence-electron chi connectivity index (χ3n) is 2.51. The van der Waals surface area contributed by atoms with Gasteiger partial charge in [0.05, 0.1) is 0 Å². The molecule has 0 aromatic carbocycles. The van der Waals surface area contributed by atoms with E-state index in [0.29, 0.717) is 12.3 Å². The number of nitrogens with zero attached hydrogens (tertiary/aromatic N) is 1. The summed E-state index contributed by atoms with van der Waals surface area (Å²) in [6.45, 7) is 7.82. The van der Waals surface area contributed by atoms with Crippen LogP contribution in [0.15, 0.2) is 0 Å². The van der Waals surface area contributed by atoms with E-state index in [9.17, 15) is 4.79 Å². The van der Waals surface area contributed by atoms with Crippen molar-refractivity contribution in [2.24, 2.45) is 0 Å². The summed E-state index contributed by atoms with van der Waals surface area (Å²) >= 11 is 5.86. The van der Waals surface area contributed by atoms with E-state index in [-0.39, 0.29) is 5.38 Å². The number of carbonyl (C=O) groups excluding carboxylic acids is 1. The number of hydrogen-bond donors (Lipinski definition) is 0. The molecule has 0 rings (SSSR count). The van der Waals surface area contributed by atoms with Crippen LogP contribution in [0.4, 0.5) is 0 Å². The maximum absolute atomic E-state index is 11.7. The van der Waals surface area contributed by atoms with Crippen molar-refractivity contribution in [3.05, 3.63) is 0 Å². The van der Waals surface area contributed by atoms with E-state index in [1.54, 1.807) is 0 Å². The van der Waals surface area contributed by atoms with Crippen molar-refractivity contribution in [1.82, 2.24) is 4.90 Å². The summed E-state index contributed by atoms with van der Waals surface area (Å²) < 4.78 is 0. The summed E-state index contributed by atoms with van der Waals surface area (Å²) in [5, 5.41) is 0.217. The molecule has 15 heavy (non-hydrogen) atoms. The van der Waals surface area contributed by atoms with Crippen LogP contribution in [0.5, 0.6) is 0 Å². The fourth-order valence-electron chi connectivity index (χ4n) is 1.51. The fraction of sp³-hybridized carbons (Fsp3) is 0.917. The van der Waals surface area contributed by atoms with Gasteiger partial charge in [-0.3, -0.25) is 4.79 Å². The van der Waals surface area contributed by atoms with Gasteiger partial charge in [0.25, 0.3) is 0 Å². The Kier molecular flexibility index (Phi) is 8.88. The van der Waals surface area contributed by atoms with E-state index in [0.717, 1.165) is 38.8 Å². The van der Waals surface area contributed by atoms with Gasteiger partial charge in [-0.15, -0.1) is 11.6 Å². The lowest BCUT2D eigenvalue weighted by Crippen LogP contribution is -2.31. The molecule has 1 atom stereocenters. The average Bonchev–Trinajstić information content (AvgIpc) is 2.20. The van der Waals surface area contributed by atoms with Crippen LogP contribution in [0.2, 0.25) is 0 Å². The van der Waals surface area contributed by atoms with E-state index < -0.39 is 0 Å². The summed E-state index contributed by atoms with van der Waals surface area (Å²) in [5.41, 5.74) is 0. The first-order valence-electron chi connectivity index (χ1n) is 6.03. The maximum atomic E-state index is 11.7. The van der Waals surface area contributed by atoms with Crippen molar-refractivity contribution in [1.29, 1.82) is 0 Å². The third-order valence-corrected chi connectivity index (χ3v) is 2.73. The van der Waals surface area contributed by atoms with Gasteiger partial charge in [0.15, 0.2) is 0 Å². The van der Waals surface area contributed by atoms with Crippen LogP contribution in [0.1, 0.15) is 52.9 Å². The highest BCUT2D eigenvalue weighted by molar-refractivity contribution is 6.20. The Balaban J connectivity index is 3.75.